The van der Waals surface area contributed by atoms with Crippen molar-refractivity contribution in [1.82, 2.24) is 0 Å². The van der Waals surface area contributed by atoms with Crippen LogP contribution in [-0.2, 0) is 14.2 Å². The Bertz CT molecular complexity index is 192. The molecule has 0 bridgehead atoms. The molecule has 0 heterocycles. The van der Waals surface area contributed by atoms with Crippen LogP contribution in [0, 0.1) is 0 Å². The molecule has 0 spiro atoms. The first kappa shape index (κ1) is 17.4. The summed E-state index contributed by atoms with van der Waals surface area (Å²) in [5, 5.41) is 0. The van der Waals surface area contributed by atoms with Crippen LogP contribution in [0.15, 0.2) is 0 Å². The summed E-state index contributed by atoms with van der Waals surface area (Å²) in [6, 6.07) is 0. The average molecular weight is 281 g/mol. The fourth-order valence-corrected chi connectivity index (χ4v) is 2.05. The molecule has 0 aromatic heterocycles. The SMILES string of the molecule is CCCOC([SiH3])(S)C(C)(OCCC)OCCC. The molecule has 0 aliphatic heterocycles. The Hall–Kier alpha value is 0.447. The zero-order valence-corrected chi connectivity index (χ0v) is 14.8. The van der Waals surface area contributed by atoms with Gasteiger partial charge >= 0.3 is 0 Å². The van der Waals surface area contributed by atoms with Gasteiger partial charge in [-0.3, -0.25) is 0 Å². The van der Waals surface area contributed by atoms with E-state index in [0.717, 1.165) is 29.5 Å². The normalized spacial score (nSPS) is 16.1. The lowest BCUT2D eigenvalue weighted by Gasteiger charge is -2.42. The van der Waals surface area contributed by atoms with Crippen LogP contribution in [-0.4, -0.2) is 40.4 Å². The minimum Gasteiger partial charge on any atom is -0.364 e. The van der Waals surface area contributed by atoms with Crippen LogP contribution in [0.3, 0.4) is 0 Å². The Labute approximate surface area is 114 Å². The van der Waals surface area contributed by atoms with Crippen molar-refractivity contribution in [2.45, 2.75) is 57.3 Å². The van der Waals surface area contributed by atoms with Gasteiger partial charge in [0.25, 0.3) is 0 Å². The molecule has 0 N–H and O–H groups in total. The largest absolute Gasteiger partial charge is 0.364 e. The van der Waals surface area contributed by atoms with Crippen LogP contribution < -0.4 is 0 Å². The van der Waals surface area contributed by atoms with E-state index in [1.165, 1.54) is 0 Å². The van der Waals surface area contributed by atoms with Gasteiger partial charge in [-0.25, -0.2) is 0 Å². The Morgan fingerprint density at radius 3 is 1.59 bits per heavy atom. The Kier molecular flexibility index (Phi) is 8.76. The number of ether oxygens (including phenoxy) is 3. The van der Waals surface area contributed by atoms with Crippen molar-refractivity contribution >= 4 is 22.9 Å². The summed E-state index contributed by atoms with van der Waals surface area (Å²) in [7, 11) is 0.746. The van der Waals surface area contributed by atoms with Gasteiger partial charge in [0.05, 0.1) is 10.2 Å². The fourth-order valence-electron chi connectivity index (χ4n) is 1.34. The van der Waals surface area contributed by atoms with Crippen molar-refractivity contribution < 1.29 is 14.2 Å². The Morgan fingerprint density at radius 2 is 1.24 bits per heavy atom. The summed E-state index contributed by atoms with van der Waals surface area (Å²) in [6.45, 7) is 10.2. The third-order valence-electron chi connectivity index (χ3n) is 2.59. The van der Waals surface area contributed by atoms with Gasteiger partial charge in [-0.1, -0.05) is 20.8 Å². The first-order chi connectivity index (χ1) is 7.93. The van der Waals surface area contributed by atoms with Gasteiger partial charge in [-0.2, -0.15) is 0 Å². The third-order valence-corrected chi connectivity index (χ3v) is 4.33. The molecule has 0 saturated heterocycles. The molecule has 1 atom stereocenters. The molecule has 0 saturated carbocycles. The molecule has 0 rings (SSSR count). The van der Waals surface area contributed by atoms with E-state index in [1.54, 1.807) is 0 Å². The maximum atomic E-state index is 5.85. The van der Waals surface area contributed by atoms with E-state index in [-0.39, 0.29) is 0 Å². The molecular weight excluding hydrogens is 252 g/mol. The van der Waals surface area contributed by atoms with Gasteiger partial charge < -0.3 is 14.2 Å². The van der Waals surface area contributed by atoms with Gasteiger partial charge in [0.15, 0.2) is 5.79 Å². The predicted molar refractivity (Wildman–Crippen MR) is 78.8 cm³/mol. The molecule has 0 aromatic rings. The van der Waals surface area contributed by atoms with E-state index in [4.69, 9.17) is 14.2 Å². The predicted octanol–water partition coefficient (Wildman–Crippen LogP) is 1.93. The average Bonchev–Trinajstić information content (AvgIpc) is 2.31. The second-order valence-electron chi connectivity index (χ2n) is 4.47. The van der Waals surface area contributed by atoms with Gasteiger partial charge in [-0.05, 0) is 26.2 Å². The summed E-state index contributed by atoms with van der Waals surface area (Å²) in [4.78, 5) is 0. The Morgan fingerprint density at radius 1 is 0.882 bits per heavy atom. The van der Waals surface area contributed by atoms with E-state index < -0.39 is 10.3 Å². The van der Waals surface area contributed by atoms with E-state index in [9.17, 15) is 0 Å². The molecule has 104 valence electrons. The van der Waals surface area contributed by atoms with Crippen molar-refractivity contribution in [3.8, 4) is 0 Å². The number of hydrogen-bond acceptors (Lipinski definition) is 4. The molecule has 0 aliphatic carbocycles. The van der Waals surface area contributed by atoms with Crippen molar-refractivity contribution in [1.29, 1.82) is 0 Å². The quantitative estimate of drug-likeness (QED) is 0.376. The fraction of sp³-hybridized carbons (Fsp3) is 1.00. The molecule has 0 amide bonds. The second-order valence-corrected chi connectivity index (χ2v) is 7.58. The summed E-state index contributed by atoms with van der Waals surface area (Å²) in [5.74, 6) is -0.747. The van der Waals surface area contributed by atoms with Crippen molar-refractivity contribution in [3.63, 3.8) is 0 Å². The molecule has 0 aromatic carbocycles. The molecule has 3 nitrogen and oxygen atoms in total. The van der Waals surface area contributed by atoms with Crippen molar-refractivity contribution in [2.24, 2.45) is 0 Å². The van der Waals surface area contributed by atoms with Crippen LogP contribution in [0.2, 0.25) is 0 Å². The molecule has 0 radical (unpaired) electrons. The number of rotatable bonds is 10. The minimum atomic E-state index is -0.747. The first-order valence-corrected chi connectivity index (χ1v) is 8.02. The maximum Gasteiger partial charge on any atom is 0.199 e. The molecule has 0 aliphatic rings. The monoisotopic (exact) mass is 280 g/mol. The summed E-state index contributed by atoms with van der Waals surface area (Å²) in [5.41, 5.74) is 0. The topological polar surface area (TPSA) is 27.7 Å². The standard InChI is InChI=1S/C12H28O3SSi/c1-5-8-13-11(4,14-9-6-2)12(16,17)15-10-7-3/h16H,5-10H2,1-4,17H3. The zero-order valence-electron chi connectivity index (χ0n) is 11.9. The highest BCUT2D eigenvalue weighted by Gasteiger charge is 2.45. The van der Waals surface area contributed by atoms with Crippen LogP contribution in [0.4, 0.5) is 0 Å². The molecule has 1 unspecified atom stereocenters. The smallest absolute Gasteiger partial charge is 0.199 e. The van der Waals surface area contributed by atoms with Crippen molar-refractivity contribution in [2.75, 3.05) is 19.8 Å². The summed E-state index contributed by atoms with van der Waals surface area (Å²) >= 11 is 4.64. The number of thiol groups is 1. The van der Waals surface area contributed by atoms with E-state index in [2.05, 4.69) is 33.4 Å². The molecular formula is C12H28O3SSi. The zero-order chi connectivity index (χ0) is 13.4. The lowest BCUT2D eigenvalue weighted by atomic mass is 10.3. The molecule has 5 heteroatoms. The third kappa shape index (κ3) is 5.74. The van der Waals surface area contributed by atoms with Crippen LogP contribution in [0.5, 0.6) is 0 Å². The van der Waals surface area contributed by atoms with Gasteiger partial charge in [0.2, 0.25) is 0 Å². The van der Waals surface area contributed by atoms with Crippen LogP contribution in [0.1, 0.15) is 47.0 Å². The second kappa shape index (κ2) is 8.53. The van der Waals surface area contributed by atoms with E-state index in [1.807, 2.05) is 6.92 Å². The van der Waals surface area contributed by atoms with Gasteiger partial charge in [0, 0.05) is 19.8 Å². The Balaban J connectivity index is 4.60. The highest BCUT2D eigenvalue weighted by atomic mass is 32.1. The minimum absolute atomic E-state index is 0.604. The van der Waals surface area contributed by atoms with Gasteiger partial charge in [-0.15, -0.1) is 12.6 Å². The van der Waals surface area contributed by atoms with Crippen LogP contribution in [0.25, 0.3) is 0 Å². The summed E-state index contributed by atoms with van der Waals surface area (Å²) < 4.78 is 16.9. The summed E-state index contributed by atoms with van der Waals surface area (Å²) in [6.07, 6.45) is 2.90. The molecule has 0 fully saturated rings. The lowest BCUT2D eigenvalue weighted by molar-refractivity contribution is -0.272. The first-order valence-electron chi connectivity index (χ1n) is 6.57. The van der Waals surface area contributed by atoms with Crippen molar-refractivity contribution in [3.05, 3.63) is 0 Å². The van der Waals surface area contributed by atoms with Gasteiger partial charge in [0.1, 0.15) is 4.56 Å². The lowest BCUT2D eigenvalue weighted by Crippen LogP contribution is -2.55. The highest BCUT2D eigenvalue weighted by Crippen LogP contribution is 2.32. The van der Waals surface area contributed by atoms with E-state index in [0.29, 0.717) is 19.8 Å². The number of hydrogen-bond donors (Lipinski definition) is 1. The highest BCUT2D eigenvalue weighted by molar-refractivity contribution is 7.83. The maximum absolute atomic E-state index is 5.85. The molecule has 17 heavy (non-hydrogen) atoms. The van der Waals surface area contributed by atoms with E-state index >= 15 is 0 Å². The van der Waals surface area contributed by atoms with Crippen LogP contribution >= 0.6 is 12.6 Å².